The Kier molecular flexibility index (Phi) is 6.24. The van der Waals surface area contributed by atoms with E-state index in [0.29, 0.717) is 25.7 Å². The second-order valence-electron chi connectivity index (χ2n) is 8.58. The Hall–Kier alpha value is -2.58. The molecule has 4 rings (SSSR count). The molecule has 0 amide bonds. The van der Waals surface area contributed by atoms with E-state index < -0.39 is 0 Å². The van der Waals surface area contributed by atoms with Gasteiger partial charge in [-0.3, -0.25) is 4.79 Å². The van der Waals surface area contributed by atoms with Crippen LogP contribution in [0.15, 0.2) is 23.0 Å². The summed E-state index contributed by atoms with van der Waals surface area (Å²) in [6.45, 7) is 5.76. The lowest BCUT2D eigenvalue weighted by Gasteiger charge is -2.23. The largest absolute Gasteiger partial charge is 0.391 e. The normalized spacial score (nSPS) is 16.2. The van der Waals surface area contributed by atoms with Gasteiger partial charge in [-0.05, 0) is 60.4 Å². The molecule has 1 saturated carbocycles. The van der Waals surface area contributed by atoms with Gasteiger partial charge in [0.1, 0.15) is 19.6 Å². The molecule has 3 aromatic rings. The topological polar surface area (TPSA) is 101 Å². The van der Waals surface area contributed by atoms with E-state index in [4.69, 9.17) is 0 Å². The number of nitrogens with zero attached hydrogens (tertiary/aromatic N) is 4. The van der Waals surface area contributed by atoms with Crippen LogP contribution in [0.25, 0.3) is 10.9 Å². The maximum Gasteiger partial charge on any atom is 0.257 e. The van der Waals surface area contributed by atoms with Crippen molar-refractivity contribution >= 4 is 10.9 Å². The smallest absolute Gasteiger partial charge is 0.257 e. The summed E-state index contributed by atoms with van der Waals surface area (Å²) in [5, 5.41) is 23.1. The molecule has 8 heteroatoms. The van der Waals surface area contributed by atoms with Gasteiger partial charge in [-0.2, -0.15) is 0 Å². The van der Waals surface area contributed by atoms with E-state index in [-0.39, 0.29) is 12.2 Å². The maximum absolute atomic E-state index is 12.7. The van der Waals surface area contributed by atoms with Crippen molar-refractivity contribution in [1.29, 1.82) is 0 Å². The average Bonchev–Trinajstić information content (AvgIpc) is 3.18. The zero-order valence-corrected chi connectivity index (χ0v) is 17.8. The lowest BCUT2D eigenvalue weighted by Crippen LogP contribution is -3.10. The number of aromatic nitrogens is 5. The molecule has 1 aromatic carbocycles. The number of tetrazole rings is 1. The number of rotatable bonds is 7. The molecule has 2 heterocycles. The van der Waals surface area contributed by atoms with Gasteiger partial charge in [0, 0.05) is 10.9 Å². The van der Waals surface area contributed by atoms with Crippen LogP contribution in [0.3, 0.4) is 0 Å². The maximum atomic E-state index is 12.7. The van der Waals surface area contributed by atoms with E-state index in [2.05, 4.69) is 33.5 Å². The second kappa shape index (κ2) is 9.06. The summed E-state index contributed by atoms with van der Waals surface area (Å²) in [6.07, 6.45) is 5.91. The molecule has 1 atom stereocenters. The molecule has 8 nitrogen and oxygen atoms in total. The number of nitrogens with one attached hydrogen (secondary N) is 2. The predicted octanol–water partition coefficient (Wildman–Crippen LogP) is 1.21. The first kappa shape index (κ1) is 20.7. The van der Waals surface area contributed by atoms with Crippen molar-refractivity contribution in [3.05, 3.63) is 51.1 Å². The zero-order chi connectivity index (χ0) is 21.1. The fourth-order valence-electron chi connectivity index (χ4n) is 4.68. The molecule has 1 fully saturated rings. The number of aryl methyl sites for hydroxylation is 2. The highest BCUT2D eigenvalue weighted by molar-refractivity contribution is 5.83. The number of aliphatic hydroxyl groups excluding tert-OH is 1. The lowest BCUT2D eigenvalue weighted by molar-refractivity contribution is -0.928. The van der Waals surface area contributed by atoms with Crippen LogP contribution in [0.5, 0.6) is 0 Å². The molecular weight excluding hydrogens is 380 g/mol. The Balaban J connectivity index is 1.58. The van der Waals surface area contributed by atoms with Crippen molar-refractivity contribution < 1.29 is 10.0 Å². The van der Waals surface area contributed by atoms with E-state index >= 15 is 0 Å². The van der Waals surface area contributed by atoms with Crippen molar-refractivity contribution in [3.63, 3.8) is 0 Å². The molecule has 3 N–H and O–H groups in total. The summed E-state index contributed by atoms with van der Waals surface area (Å²) < 4.78 is 1.97. The van der Waals surface area contributed by atoms with Crippen molar-refractivity contribution in [1.82, 2.24) is 25.2 Å². The first-order valence-electron chi connectivity index (χ1n) is 10.9. The zero-order valence-electron chi connectivity index (χ0n) is 17.8. The fraction of sp³-hybridized carbons (Fsp3) is 0.545. The van der Waals surface area contributed by atoms with E-state index in [9.17, 15) is 9.90 Å². The number of hydrogen-bond acceptors (Lipinski definition) is 5. The Morgan fingerprint density at radius 3 is 2.73 bits per heavy atom. The minimum atomic E-state index is -0.0742. The molecule has 160 valence electrons. The van der Waals surface area contributed by atoms with Crippen LogP contribution in [-0.4, -0.2) is 43.4 Å². The third-order valence-electron chi connectivity index (χ3n) is 6.19. The molecule has 1 unspecified atom stereocenters. The molecule has 0 saturated heterocycles. The van der Waals surface area contributed by atoms with Gasteiger partial charge in [0.05, 0.1) is 18.2 Å². The standard InChI is InChI=1S/C22H30N6O2/c1-15-10-16(2)19-12-17(22(30)23-20(19)11-15)13-27(8-9-29)14-21-24-25-26-28(21)18-6-4-3-5-7-18/h10-12,18,29H,3-9,13-14H2,1-2H3,(H,23,30)/p+1. The van der Waals surface area contributed by atoms with Crippen molar-refractivity contribution in [3.8, 4) is 0 Å². The molecule has 1 aliphatic rings. The third-order valence-corrected chi connectivity index (χ3v) is 6.19. The van der Waals surface area contributed by atoms with E-state index in [1.807, 2.05) is 23.7 Å². The summed E-state index contributed by atoms with van der Waals surface area (Å²) in [5.74, 6) is 0.828. The van der Waals surface area contributed by atoms with Crippen LogP contribution in [0.1, 0.15) is 60.7 Å². The third kappa shape index (κ3) is 4.44. The van der Waals surface area contributed by atoms with Gasteiger partial charge in [0.2, 0.25) is 5.82 Å². The lowest BCUT2D eigenvalue weighted by atomic mass is 9.95. The van der Waals surface area contributed by atoms with Crippen molar-refractivity contribution in [2.45, 2.75) is 65.1 Å². The van der Waals surface area contributed by atoms with Crippen LogP contribution in [0.2, 0.25) is 0 Å². The predicted molar refractivity (Wildman–Crippen MR) is 114 cm³/mol. The first-order chi connectivity index (χ1) is 14.5. The summed E-state index contributed by atoms with van der Waals surface area (Å²) in [7, 11) is 0. The van der Waals surface area contributed by atoms with Crippen LogP contribution in [-0.2, 0) is 13.1 Å². The van der Waals surface area contributed by atoms with Gasteiger partial charge >= 0.3 is 0 Å². The number of H-pyrrole nitrogens is 1. The summed E-state index contributed by atoms with van der Waals surface area (Å²) in [6, 6.07) is 6.48. The van der Waals surface area contributed by atoms with Gasteiger partial charge < -0.3 is 15.0 Å². The summed E-state index contributed by atoms with van der Waals surface area (Å²) >= 11 is 0. The molecule has 0 spiro atoms. The Morgan fingerprint density at radius 2 is 1.97 bits per heavy atom. The quantitative estimate of drug-likeness (QED) is 0.543. The van der Waals surface area contributed by atoms with Crippen molar-refractivity contribution in [2.24, 2.45) is 0 Å². The molecular formula is C22H31N6O2+. The fourth-order valence-corrected chi connectivity index (χ4v) is 4.68. The molecule has 0 aliphatic heterocycles. The highest BCUT2D eigenvalue weighted by atomic mass is 16.3. The Bertz CT molecular complexity index is 1070. The monoisotopic (exact) mass is 411 g/mol. The second-order valence-corrected chi connectivity index (χ2v) is 8.58. The van der Waals surface area contributed by atoms with Crippen molar-refractivity contribution in [2.75, 3.05) is 13.2 Å². The minimum absolute atomic E-state index is 0.0457. The molecule has 0 bridgehead atoms. The highest BCUT2D eigenvalue weighted by Crippen LogP contribution is 2.27. The van der Waals surface area contributed by atoms with Gasteiger partial charge in [-0.25, -0.2) is 4.68 Å². The average molecular weight is 412 g/mol. The number of pyridine rings is 1. The van der Waals surface area contributed by atoms with Crippen LogP contribution in [0, 0.1) is 13.8 Å². The van der Waals surface area contributed by atoms with Gasteiger partial charge in [0.25, 0.3) is 5.56 Å². The van der Waals surface area contributed by atoms with Crippen LogP contribution in [0.4, 0.5) is 0 Å². The number of aromatic amines is 1. The molecule has 1 aliphatic carbocycles. The van der Waals surface area contributed by atoms with E-state index in [0.717, 1.165) is 51.2 Å². The number of quaternary nitrogens is 1. The highest BCUT2D eigenvalue weighted by Gasteiger charge is 2.23. The van der Waals surface area contributed by atoms with E-state index in [1.54, 1.807) is 0 Å². The summed E-state index contributed by atoms with van der Waals surface area (Å²) in [4.78, 5) is 16.8. The molecule has 0 radical (unpaired) electrons. The first-order valence-corrected chi connectivity index (χ1v) is 10.9. The minimum Gasteiger partial charge on any atom is -0.391 e. The molecule has 30 heavy (non-hydrogen) atoms. The molecule has 2 aromatic heterocycles. The van der Waals surface area contributed by atoms with Crippen LogP contribution >= 0.6 is 0 Å². The number of hydrogen-bond donors (Lipinski definition) is 3. The van der Waals surface area contributed by atoms with E-state index in [1.165, 1.54) is 19.3 Å². The Labute approximate surface area is 175 Å². The SMILES string of the molecule is Cc1cc(C)c2cc(C[NH+](CCO)Cc3nnnn3C3CCCCC3)c(=O)[nH]c2c1. The van der Waals surface area contributed by atoms with Gasteiger partial charge in [-0.1, -0.05) is 25.3 Å². The number of benzene rings is 1. The number of fused-ring (bicyclic) bond motifs is 1. The Morgan fingerprint density at radius 1 is 1.17 bits per heavy atom. The summed E-state index contributed by atoms with van der Waals surface area (Å²) in [5.41, 5.74) is 3.79. The van der Waals surface area contributed by atoms with Crippen LogP contribution < -0.4 is 10.5 Å². The number of aliphatic hydroxyl groups is 1. The van der Waals surface area contributed by atoms with Gasteiger partial charge in [0.15, 0.2) is 0 Å². The van der Waals surface area contributed by atoms with Gasteiger partial charge in [-0.15, -0.1) is 5.10 Å².